The number of rotatable bonds is 12. The van der Waals surface area contributed by atoms with E-state index in [0.717, 1.165) is 0 Å². The Hall–Kier alpha value is -5.36. The molecule has 0 aliphatic rings. The van der Waals surface area contributed by atoms with Crippen LogP contribution in [0.15, 0.2) is 95.9 Å². The van der Waals surface area contributed by atoms with Crippen molar-refractivity contribution in [2.75, 3.05) is 31.4 Å². The zero-order chi connectivity index (χ0) is 31.3. The molecule has 0 aliphatic carbocycles. The molecule has 12 heteroatoms. The van der Waals surface area contributed by atoms with Crippen LogP contribution in [0.25, 0.3) is 11.0 Å². The van der Waals surface area contributed by atoms with Crippen molar-refractivity contribution in [3.63, 3.8) is 0 Å². The second-order valence-electron chi connectivity index (χ2n) is 9.78. The van der Waals surface area contributed by atoms with Crippen LogP contribution in [-0.2, 0) is 14.8 Å². The van der Waals surface area contributed by atoms with Crippen LogP contribution >= 0.6 is 0 Å². The molecule has 226 valence electrons. The minimum Gasteiger partial charge on any atom is -0.497 e. The summed E-state index contributed by atoms with van der Waals surface area (Å²) in [6, 6.07) is 25.8. The van der Waals surface area contributed by atoms with Gasteiger partial charge in [0.2, 0.25) is 5.91 Å². The van der Waals surface area contributed by atoms with E-state index >= 15 is 0 Å². The number of carbonyl (C=O) groups excluding carboxylic acids is 1. The predicted octanol–water partition coefficient (Wildman–Crippen LogP) is 5.21. The number of hydrogen-bond acceptors (Lipinski definition) is 9. The predicted molar refractivity (Wildman–Crippen MR) is 168 cm³/mol. The van der Waals surface area contributed by atoms with Gasteiger partial charge < -0.3 is 25.3 Å². The van der Waals surface area contributed by atoms with E-state index in [-0.39, 0.29) is 23.0 Å². The number of hydrogen-bond donors (Lipinski definition) is 3. The summed E-state index contributed by atoms with van der Waals surface area (Å²) in [6.07, 6.45) is -0.0501. The second-order valence-corrected chi connectivity index (χ2v) is 11.5. The molecule has 11 nitrogen and oxygen atoms in total. The molecule has 5 rings (SSSR count). The summed E-state index contributed by atoms with van der Waals surface area (Å²) >= 11 is 0. The van der Waals surface area contributed by atoms with Gasteiger partial charge in [0.25, 0.3) is 10.0 Å². The van der Waals surface area contributed by atoms with E-state index < -0.39 is 21.8 Å². The number of nitrogens with two attached hydrogens (primary N) is 1. The van der Waals surface area contributed by atoms with Crippen LogP contribution in [0.2, 0.25) is 0 Å². The van der Waals surface area contributed by atoms with Crippen LogP contribution < -0.4 is 30.0 Å². The zero-order valence-electron chi connectivity index (χ0n) is 24.3. The fraction of sp³-hybridized carbons (Fsp3) is 0.156. The van der Waals surface area contributed by atoms with E-state index in [0.29, 0.717) is 45.1 Å². The molecular weight excluding hydrogens is 582 g/mol. The monoisotopic (exact) mass is 613 g/mol. The maximum Gasteiger partial charge on any atom is 0.263 e. The van der Waals surface area contributed by atoms with Gasteiger partial charge >= 0.3 is 0 Å². The molecule has 0 aliphatic heterocycles. The van der Waals surface area contributed by atoms with Gasteiger partial charge in [-0.25, -0.2) is 18.4 Å². The number of amides is 1. The third kappa shape index (κ3) is 6.65. The molecule has 1 amide bonds. The van der Waals surface area contributed by atoms with Gasteiger partial charge in [0, 0.05) is 41.8 Å². The topological polar surface area (TPSA) is 155 Å². The van der Waals surface area contributed by atoms with Gasteiger partial charge in [-0.3, -0.25) is 9.52 Å². The standard InChI is InChI=1S/C32H31N5O6S/c1-41-22-16-21(17-23(18-22)42-2)34-31-32(36-28-13-6-5-12-27(28)35-31)37-44(39,40)24-10-8-9-20(15-24)26(19-30(33)38)25-11-4-7-14-29(25)43-3/h4-18,26H,19H2,1-3H3,(H2,33,38)(H,34,35)(H,36,37). The molecule has 0 radical (unpaired) electrons. The highest BCUT2D eigenvalue weighted by molar-refractivity contribution is 7.92. The summed E-state index contributed by atoms with van der Waals surface area (Å²) in [5.74, 6) is 0.679. The van der Waals surface area contributed by atoms with Crippen molar-refractivity contribution in [3.05, 3.63) is 102 Å². The lowest BCUT2D eigenvalue weighted by atomic mass is 9.87. The number of para-hydroxylation sites is 3. The van der Waals surface area contributed by atoms with Crippen molar-refractivity contribution >= 4 is 44.3 Å². The van der Waals surface area contributed by atoms with Crippen LogP contribution in [0, 0.1) is 0 Å². The number of anilines is 3. The number of nitrogens with one attached hydrogen (secondary N) is 2. The molecule has 0 spiro atoms. The van der Waals surface area contributed by atoms with E-state index in [1.54, 1.807) is 54.6 Å². The molecule has 44 heavy (non-hydrogen) atoms. The maximum absolute atomic E-state index is 13.8. The smallest absolute Gasteiger partial charge is 0.263 e. The third-order valence-electron chi connectivity index (χ3n) is 6.91. The first-order chi connectivity index (χ1) is 21.2. The summed E-state index contributed by atoms with van der Waals surface area (Å²) in [7, 11) is 0.400. The Labute approximate surface area is 255 Å². The highest BCUT2D eigenvalue weighted by Gasteiger charge is 2.24. The molecule has 1 atom stereocenters. The summed E-state index contributed by atoms with van der Waals surface area (Å²) < 4.78 is 46.5. The fourth-order valence-electron chi connectivity index (χ4n) is 4.82. The van der Waals surface area contributed by atoms with Crippen molar-refractivity contribution < 1.29 is 27.4 Å². The lowest BCUT2D eigenvalue weighted by molar-refractivity contribution is -0.118. The summed E-state index contributed by atoms with van der Waals surface area (Å²) in [6.45, 7) is 0. The zero-order valence-corrected chi connectivity index (χ0v) is 25.1. The van der Waals surface area contributed by atoms with Crippen LogP contribution in [-0.4, -0.2) is 45.6 Å². The Morgan fingerprint density at radius 2 is 1.43 bits per heavy atom. The minimum atomic E-state index is -4.19. The molecular formula is C32H31N5O6S. The molecule has 1 heterocycles. The normalized spacial score (nSPS) is 11.9. The number of aromatic nitrogens is 2. The van der Waals surface area contributed by atoms with Crippen LogP contribution in [0.1, 0.15) is 23.5 Å². The SMILES string of the molecule is COc1cc(Nc2nc3ccccc3nc2NS(=O)(=O)c2cccc(C(CC(N)=O)c3ccccc3OC)c2)cc(OC)c1. The molecule has 0 bridgehead atoms. The Kier molecular flexibility index (Phi) is 8.81. The summed E-state index contributed by atoms with van der Waals surface area (Å²) in [5.41, 5.74) is 8.47. The van der Waals surface area contributed by atoms with Crippen LogP contribution in [0.3, 0.4) is 0 Å². The van der Waals surface area contributed by atoms with Crippen LogP contribution in [0.5, 0.6) is 17.2 Å². The van der Waals surface area contributed by atoms with Crippen molar-refractivity contribution in [1.82, 2.24) is 9.97 Å². The number of nitrogens with zero attached hydrogens (tertiary/aromatic N) is 2. The van der Waals surface area contributed by atoms with Gasteiger partial charge in [0.05, 0.1) is 37.3 Å². The van der Waals surface area contributed by atoms with Crippen LogP contribution in [0.4, 0.5) is 17.3 Å². The van der Waals surface area contributed by atoms with Crippen molar-refractivity contribution in [2.45, 2.75) is 17.2 Å². The van der Waals surface area contributed by atoms with Crippen molar-refractivity contribution in [3.8, 4) is 17.2 Å². The lowest BCUT2D eigenvalue weighted by Crippen LogP contribution is -2.18. The minimum absolute atomic E-state index is 0.0192. The van der Waals surface area contributed by atoms with E-state index in [1.807, 2.05) is 24.3 Å². The second kappa shape index (κ2) is 12.9. The molecule has 5 aromatic rings. The van der Waals surface area contributed by atoms with E-state index in [9.17, 15) is 13.2 Å². The van der Waals surface area contributed by atoms with E-state index in [2.05, 4.69) is 20.0 Å². The first-order valence-electron chi connectivity index (χ1n) is 13.5. The highest BCUT2D eigenvalue weighted by Crippen LogP contribution is 2.36. The number of ether oxygens (including phenoxy) is 3. The Morgan fingerprint density at radius 3 is 2.07 bits per heavy atom. The van der Waals surface area contributed by atoms with Crippen molar-refractivity contribution in [1.29, 1.82) is 0 Å². The highest BCUT2D eigenvalue weighted by atomic mass is 32.2. The van der Waals surface area contributed by atoms with Gasteiger partial charge in [-0.1, -0.05) is 42.5 Å². The summed E-state index contributed by atoms with van der Waals surface area (Å²) in [5, 5.41) is 3.15. The van der Waals surface area contributed by atoms with E-state index in [4.69, 9.17) is 19.9 Å². The molecule has 0 saturated heterocycles. The van der Waals surface area contributed by atoms with Gasteiger partial charge in [-0.15, -0.1) is 0 Å². The third-order valence-corrected chi connectivity index (χ3v) is 8.24. The first kappa shape index (κ1) is 30.1. The molecule has 0 saturated carbocycles. The van der Waals surface area contributed by atoms with Gasteiger partial charge in [0.15, 0.2) is 11.6 Å². The van der Waals surface area contributed by atoms with Gasteiger partial charge in [-0.05, 0) is 35.9 Å². The number of sulfonamides is 1. The molecule has 4 aromatic carbocycles. The largest absolute Gasteiger partial charge is 0.497 e. The molecule has 0 fully saturated rings. The number of benzene rings is 4. The fourth-order valence-corrected chi connectivity index (χ4v) is 5.89. The van der Waals surface area contributed by atoms with Gasteiger partial charge in [-0.2, -0.15) is 0 Å². The molecule has 1 unspecified atom stereocenters. The number of fused-ring (bicyclic) bond motifs is 1. The summed E-state index contributed by atoms with van der Waals surface area (Å²) in [4.78, 5) is 21.3. The van der Waals surface area contributed by atoms with Crippen molar-refractivity contribution in [2.24, 2.45) is 5.73 Å². The Balaban J connectivity index is 1.55. The van der Waals surface area contributed by atoms with Gasteiger partial charge in [0.1, 0.15) is 17.2 Å². The molecule has 4 N–H and O–H groups in total. The molecule has 1 aromatic heterocycles. The maximum atomic E-state index is 13.8. The number of carbonyl (C=O) groups is 1. The number of methoxy groups -OCH3 is 3. The number of primary amides is 1. The Bertz CT molecular complexity index is 1910. The van der Waals surface area contributed by atoms with E-state index in [1.165, 1.54) is 33.5 Å². The average Bonchev–Trinajstić information content (AvgIpc) is 3.03. The lowest BCUT2D eigenvalue weighted by Gasteiger charge is -2.20. The Morgan fingerprint density at radius 1 is 0.795 bits per heavy atom. The quantitative estimate of drug-likeness (QED) is 0.172. The average molecular weight is 614 g/mol. The first-order valence-corrected chi connectivity index (χ1v) is 15.0.